The number of para-hydroxylation sites is 1. The zero-order valence-corrected chi connectivity index (χ0v) is 12.6. The molecule has 1 N–H and O–H groups in total. The van der Waals surface area contributed by atoms with Crippen LogP contribution in [0.2, 0.25) is 0 Å². The first-order chi connectivity index (χ1) is 10.4. The van der Waals surface area contributed by atoms with E-state index in [-0.39, 0.29) is 0 Å². The fourth-order valence-electron chi connectivity index (χ4n) is 2.53. The zero-order valence-electron chi connectivity index (χ0n) is 12.6. The van der Waals surface area contributed by atoms with Crippen LogP contribution < -0.4 is 10.1 Å². The van der Waals surface area contributed by atoms with E-state index in [0.717, 1.165) is 31.7 Å². The highest BCUT2D eigenvalue weighted by Crippen LogP contribution is 2.22. The van der Waals surface area contributed by atoms with Crippen molar-refractivity contribution in [3.63, 3.8) is 0 Å². The monoisotopic (exact) mass is 291 g/mol. The van der Waals surface area contributed by atoms with Crippen LogP contribution in [-0.2, 0) is 16.0 Å². The summed E-state index contributed by atoms with van der Waals surface area (Å²) in [5.41, 5.74) is 1.23. The lowest BCUT2D eigenvalue weighted by atomic mass is 10.2. The van der Waals surface area contributed by atoms with Crippen LogP contribution in [0.1, 0.15) is 31.2 Å². The molecule has 2 fully saturated rings. The molecule has 3 rings (SSSR count). The Morgan fingerprint density at radius 3 is 2.86 bits per heavy atom. The quantitative estimate of drug-likeness (QED) is 0.710. The summed E-state index contributed by atoms with van der Waals surface area (Å²) in [5, 5.41) is 3.52. The Morgan fingerprint density at radius 1 is 1.14 bits per heavy atom. The van der Waals surface area contributed by atoms with Gasteiger partial charge >= 0.3 is 0 Å². The van der Waals surface area contributed by atoms with Crippen molar-refractivity contribution in [3.05, 3.63) is 29.8 Å². The number of benzene rings is 1. The molecule has 1 aliphatic carbocycles. The Morgan fingerprint density at radius 2 is 2.05 bits per heavy atom. The molecule has 1 unspecified atom stereocenters. The highest BCUT2D eigenvalue weighted by molar-refractivity contribution is 5.33. The topological polar surface area (TPSA) is 39.7 Å². The summed E-state index contributed by atoms with van der Waals surface area (Å²) in [6, 6.07) is 8.95. The number of hydrogen-bond acceptors (Lipinski definition) is 4. The fraction of sp³-hybridized carbons (Fsp3) is 0.647. The first kappa shape index (κ1) is 14.8. The minimum atomic E-state index is 0.292. The lowest BCUT2D eigenvalue weighted by molar-refractivity contribution is 0.00845. The van der Waals surface area contributed by atoms with Gasteiger partial charge < -0.3 is 19.5 Å². The van der Waals surface area contributed by atoms with Gasteiger partial charge in [0, 0.05) is 24.8 Å². The molecule has 1 aromatic rings. The van der Waals surface area contributed by atoms with Gasteiger partial charge in [-0.05, 0) is 31.7 Å². The molecule has 0 amide bonds. The van der Waals surface area contributed by atoms with Gasteiger partial charge in [0.15, 0.2) is 0 Å². The van der Waals surface area contributed by atoms with E-state index < -0.39 is 0 Å². The molecule has 2 aliphatic rings. The van der Waals surface area contributed by atoms with Gasteiger partial charge in [-0.2, -0.15) is 0 Å². The van der Waals surface area contributed by atoms with Crippen molar-refractivity contribution in [1.82, 2.24) is 5.32 Å². The van der Waals surface area contributed by atoms with Gasteiger partial charge in [-0.1, -0.05) is 18.2 Å². The summed E-state index contributed by atoms with van der Waals surface area (Å²) >= 11 is 0. The Hall–Kier alpha value is -1.10. The third-order valence-corrected chi connectivity index (χ3v) is 3.94. The Bertz CT molecular complexity index is 428. The summed E-state index contributed by atoms with van der Waals surface area (Å²) in [5.74, 6) is 0.964. The zero-order chi connectivity index (χ0) is 14.3. The summed E-state index contributed by atoms with van der Waals surface area (Å²) in [7, 11) is 0. The third-order valence-electron chi connectivity index (χ3n) is 3.94. The average molecular weight is 291 g/mol. The lowest BCUT2D eigenvalue weighted by Gasteiger charge is -2.13. The molecule has 0 spiro atoms. The summed E-state index contributed by atoms with van der Waals surface area (Å²) < 4.78 is 17.0. The second kappa shape index (κ2) is 7.78. The van der Waals surface area contributed by atoms with Crippen LogP contribution in [0.5, 0.6) is 5.75 Å². The minimum absolute atomic E-state index is 0.292. The molecule has 0 aromatic heterocycles. The molecule has 1 saturated heterocycles. The van der Waals surface area contributed by atoms with E-state index in [4.69, 9.17) is 14.2 Å². The fourth-order valence-corrected chi connectivity index (χ4v) is 2.53. The number of nitrogens with one attached hydrogen (secondary N) is 1. The van der Waals surface area contributed by atoms with Crippen molar-refractivity contribution in [2.24, 2.45) is 0 Å². The van der Waals surface area contributed by atoms with E-state index in [1.165, 1.54) is 18.4 Å². The maximum atomic E-state index is 5.85. The lowest BCUT2D eigenvalue weighted by Crippen LogP contribution is -2.18. The van der Waals surface area contributed by atoms with Crippen molar-refractivity contribution >= 4 is 0 Å². The Balaban J connectivity index is 1.35. The van der Waals surface area contributed by atoms with Gasteiger partial charge in [0.1, 0.15) is 12.4 Å². The smallest absolute Gasteiger partial charge is 0.123 e. The second-order valence-corrected chi connectivity index (χ2v) is 5.82. The van der Waals surface area contributed by atoms with Gasteiger partial charge in [0.2, 0.25) is 0 Å². The van der Waals surface area contributed by atoms with Crippen LogP contribution in [0.15, 0.2) is 24.3 Å². The van der Waals surface area contributed by atoms with Crippen LogP contribution in [0.4, 0.5) is 0 Å². The van der Waals surface area contributed by atoms with E-state index in [0.29, 0.717) is 32.0 Å². The third kappa shape index (κ3) is 4.99. The Labute approximate surface area is 126 Å². The van der Waals surface area contributed by atoms with E-state index in [1.54, 1.807) is 0 Å². The van der Waals surface area contributed by atoms with Gasteiger partial charge in [-0.3, -0.25) is 0 Å². The van der Waals surface area contributed by atoms with Crippen molar-refractivity contribution in [1.29, 1.82) is 0 Å². The molecule has 0 bridgehead atoms. The van der Waals surface area contributed by atoms with E-state index in [1.807, 2.05) is 12.1 Å². The predicted octanol–water partition coefficient (Wildman–Crippen LogP) is 2.51. The molecule has 1 aromatic carbocycles. The van der Waals surface area contributed by atoms with Crippen molar-refractivity contribution in [2.45, 2.75) is 44.4 Å². The van der Waals surface area contributed by atoms with Crippen molar-refractivity contribution < 1.29 is 14.2 Å². The SMILES string of the molecule is c1ccc(OCCOCC2CCCO2)c(CNC2CC2)c1. The molecule has 1 saturated carbocycles. The van der Waals surface area contributed by atoms with Crippen LogP contribution in [0, 0.1) is 0 Å². The molecule has 4 nitrogen and oxygen atoms in total. The van der Waals surface area contributed by atoms with Crippen LogP contribution in [0.25, 0.3) is 0 Å². The van der Waals surface area contributed by atoms with Gasteiger partial charge in [-0.25, -0.2) is 0 Å². The molecule has 1 atom stereocenters. The molecular weight excluding hydrogens is 266 g/mol. The number of hydrogen-bond donors (Lipinski definition) is 1. The molecule has 1 heterocycles. The summed E-state index contributed by atoms with van der Waals surface area (Å²) in [6.45, 7) is 3.66. The summed E-state index contributed by atoms with van der Waals surface area (Å²) in [6.07, 6.45) is 5.18. The molecule has 4 heteroatoms. The van der Waals surface area contributed by atoms with Gasteiger partial charge in [-0.15, -0.1) is 0 Å². The molecule has 0 radical (unpaired) electrons. The van der Waals surface area contributed by atoms with Gasteiger partial charge in [0.05, 0.1) is 19.3 Å². The van der Waals surface area contributed by atoms with Crippen LogP contribution >= 0.6 is 0 Å². The van der Waals surface area contributed by atoms with Crippen molar-refractivity contribution in [2.75, 3.05) is 26.4 Å². The summed E-state index contributed by atoms with van der Waals surface area (Å²) in [4.78, 5) is 0. The molecule has 116 valence electrons. The number of ether oxygens (including phenoxy) is 3. The standard InChI is InChI=1S/C17H25NO3/c1-2-6-17(14(4-1)12-18-15-7-8-15)21-11-10-19-13-16-5-3-9-20-16/h1-2,4,6,15-16,18H,3,5,7-13H2. The van der Waals surface area contributed by atoms with E-state index in [9.17, 15) is 0 Å². The van der Waals surface area contributed by atoms with E-state index in [2.05, 4.69) is 17.4 Å². The number of rotatable bonds is 9. The predicted molar refractivity (Wildman–Crippen MR) is 81.6 cm³/mol. The van der Waals surface area contributed by atoms with Crippen LogP contribution in [-0.4, -0.2) is 38.6 Å². The molecule has 21 heavy (non-hydrogen) atoms. The first-order valence-electron chi connectivity index (χ1n) is 8.05. The molecule has 1 aliphatic heterocycles. The highest BCUT2D eigenvalue weighted by atomic mass is 16.5. The average Bonchev–Trinajstić information content (AvgIpc) is 3.20. The second-order valence-electron chi connectivity index (χ2n) is 5.82. The largest absolute Gasteiger partial charge is 0.491 e. The maximum Gasteiger partial charge on any atom is 0.123 e. The van der Waals surface area contributed by atoms with E-state index >= 15 is 0 Å². The maximum absolute atomic E-state index is 5.85. The first-order valence-corrected chi connectivity index (χ1v) is 8.05. The van der Waals surface area contributed by atoms with Gasteiger partial charge in [0.25, 0.3) is 0 Å². The van der Waals surface area contributed by atoms with Crippen molar-refractivity contribution in [3.8, 4) is 5.75 Å². The van der Waals surface area contributed by atoms with Crippen LogP contribution in [0.3, 0.4) is 0 Å². The minimum Gasteiger partial charge on any atom is -0.491 e. The normalized spacial score (nSPS) is 21.6. The highest BCUT2D eigenvalue weighted by Gasteiger charge is 2.20. The Kier molecular flexibility index (Phi) is 5.49. The molecular formula is C17H25NO3.